The first-order chi connectivity index (χ1) is 13.1. The smallest absolute Gasteiger partial charge is 0.254 e. The van der Waals surface area contributed by atoms with E-state index in [1.165, 1.54) is 21.3 Å². The maximum atomic E-state index is 13.1. The first-order valence-corrected chi connectivity index (χ1v) is 8.64. The average molecular weight is 368 g/mol. The van der Waals surface area contributed by atoms with Gasteiger partial charge in [-0.3, -0.25) is 4.79 Å². The predicted molar refractivity (Wildman–Crippen MR) is 102 cm³/mol. The van der Waals surface area contributed by atoms with E-state index < -0.39 is 0 Å². The van der Waals surface area contributed by atoms with Crippen LogP contribution in [0.2, 0.25) is 0 Å². The number of methoxy groups -OCH3 is 3. The van der Waals surface area contributed by atoms with Gasteiger partial charge >= 0.3 is 0 Å². The molecule has 0 atom stereocenters. The van der Waals surface area contributed by atoms with E-state index in [0.717, 1.165) is 5.56 Å². The van der Waals surface area contributed by atoms with Gasteiger partial charge < -0.3 is 19.1 Å². The van der Waals surface area contributed by atoms with Crippen molar-refractivity contribution in [2.45, 2.75) is 12.8 Å². The highest BCUT2D eigenvalue weighted by Gasteiger charge is 2.21. The molecule has 27 heavy (non-hydrogen) atoms. The van der Waals surface area contributed by atoms with Crippen LogP contribution < -0.4 is 14.2 Å². The number of nitriles is 1. The van der Waals surface area contributed by atoms with Crippen LogP contribution in [0.15, 0.2) is 42.5 Å². The molecule has 0 aliphatic rings. The largest absolute Gasteiger partial charge is 0.493 e. The molecule has 0 aromatic heterocycles. The molecule has 6 nitrogen and oxygen atoms in total. The number of carbonyl (C=O) groups is 1. The number of benzene rings is 2. The summed E-state index contributed by atoms with van der Waals surface area (Å²) in [6, 6.07) is 15.3. The Morgan fingerprint density at radius 2 is 1.63 bits per heavy atom. The summed E-state index contributed by atoms with van der Waals surface area (Å²) in [7, 11) is 4.53. The molecule has 0 unspecified atom stereocenters. The van der Waals surface area contributed by atoms with Crippen LogP contribution >= 0.6 is 0 Å². The van der Waals surface area contributed by atoms with Gasteiger partial charge in [0.15, 0.2) is 11.5 Å². The Hall–Kier alpha value is -3.20. The van der Waals surface area contributed by atoms with Crippen molar-refractivity contribution in [3.63, 3.8) is 0 Å². The second-order valence-electron chi connectivity index (χ2n) is 5.85. The topological polar surface area (TPSA) is 71.8 Å². The summed E-state index contributed by atoms with van der Waals surface area (Å²) in [4.78, 5) is 14.7. The van der Waals surface area contributed by atoms with E-state index in [1.54, 1.807) is 17.0 Å². The number of hydrogen-bond donors (Lipinski definition) is 0. The molecule has 0 aliphatic heterocycles. The van der Waals surface area contributed by atoms with E-state index in [4.69, 9.17) is 19.5 Å². The number of ether oxygens (including phenoxy) is 3. The lowest BCUT2D eigenvalue weighted by Gasteiger charge is -2.23. The predicted octanol–water partition coefficient (Wildman–Crippen LogP) is 3.31. The molecule has 0 bridgehead atoms. The minimum atomic E-state index is -0.180. The Labute approximate surface area is 159 Å². The summed E-state index contributed by atoms with van der Waals surface area (Å²) in [5.74, 6) is 1.09. The molecule has 0 saturated carbocycles. The third-order valence-electron chi connectivity index (χ3n) is 4.21. The molecule has 0 radical (unpaired) electrons. The number of nitrogens with zero attached hydrogens (tertiary/aromatic N) is 2. The van der Waals surface area contributed by atoms with Crippen LogP contribution in [0.1, 0.15) is 22.3 Å². The molecule has 142 valence electrons. The standard InChI is InChI=1S/C21H24N2O4/c1-25-18-14-17(15-19(26-2)20(18)27-3)21(24)23(12-7-11-22)13-10-16-8-5-4-6-9-16/h4-6,8-9,14-15H,7,10,12-13H2,1-3H3. The van der Waals surface area contributed by atoms with Gasteiger partial charge in [-0.2, -0.15) is 5.26 Å². The quantitative estimate of drug-likeness (QED) is 0.679. The molecule has 0 saturated heterocycles. The van der Waals surface area contributed by atoms with Crippen LogP contribution in [0.4, 0.5) is 0 Å². The molecule has 0 heterocycles. The van der Waals surface area contributed by atoms with Crippen LogP contribution in [0.25, 0.3) is 0 Å². The molecule has 2 aromatic rings. The number of rotatable bonds is 9. The second kappa shape index (κ2) is 10.1. The van der Waals surface area contributed by atoms with Crippen LogP contribution in [-0.2, 0) is 6.42 Å². The fourth-order valence-corrected chi connectivity index (χ4v) is 2.80. The molecule has 2 aromatic carbocycles. The summed E-state index contributed by atoms with van der Waals surface area (Å²) in [6.45, 7) is 0.875. The maximum absolute atomic E-state index is 13.1. The molecule has 2 rings (SSSR count). The first kappa shape index (κ1) is 20.1. The van der Waals surface area contributed by atoms with Crippen molar-refractivity contribution in [2.24, 2.45) is 0 Å². The Bertz CT molecular complexity index is 775. The third-order valence-corrected chi connectivity index (χ3v) is 4.21. The van der Waals surface area contributed by atoms with Gasteiger partial charge in [0.25, 0.3) is 5.91 Å². The summed E-state index contributed by atoms with van der Waals surface area (Å²) >= 11 is 0. The van der Waals surface area contributed by atoms with E-state index in [0.29, 0.717) is 42.3 Å². The van der Waals surface area contributed by atoms with Crippen molar-refractivity contribution >= 4 is 5.91 Å². The third kappa shape index (κ3) is 5.14. The van der Waals surface area contributed by atoms with Crippen LogP contribution in [0.5, 0.6) is 17.2 Å². The van der Waals surface area contributed by atoms with Gasteiger partial charge in [-0.25, -0.2) is 0 Å². The van der Waals surface area contributed by atoms with Crippen molar-refractivity contribution in [1.82, 2.24) is 4.90 Å². The van der Waals surface area contributed by atoms with Gasteiger partial charge in [0, 0.05) is 18.7 Å². The summed E-state index contributed by atoms with van der Waals surface area (Å²) in [5.41, 5.74) is 1.56. The zero-order chi connectivity index (χ0) is 19.6. The lowest BCUT2D eigenvalue weighted by molar-refractivity contribution is 0.0760. The van der Waals surface area contributed by atoms with Gasteiger partial charge in [0.1, 0.15) is 0 Å². The van der Waals surface area contributed by atoms with Gasteiger partial charge in [-0.05, 0) is 24.1 Å². The van der Waals surface area contributed by atoms with E-state index in [1.807, 2.05) is 30.3 Å². The molecule has 0 spiro atoms. The van der Waals surface area contributed by atoms with Crippen molar-refractivity contribution in [1.29, 1.82) is 5.26 Å². The number of carbonyl (C=O) groups excluding carboxylic acids is 1. The minimum absolute atomic E-state index is 0.180. The Morgan fingerprint density at radius 3 is 2.15 bits per heavy atom. The van der Waals surface area contributed by atoms with Crippen molar-refractivity contribution in [3.8, 4) is 23.3 Å². The fraction of sp³-hybridized carbons (Fsp3) is 0.333. The summed E-state index contributed by atoms with van der Waals surface area (Å²) in [5, 5.41) is 8.94. The molecule has 0 aliphatic carbocycles. The van der Waals surface area contributed by atoms with E-state index in [-0.39, 0.29) is 12.3 Å². The van der Waals surface area contributed by atoms with Crippen molar-refractivity contribution in [3.05, 3.63) is 53.6 Å². The zero-order valence-corrected chi connectivity index (χ0v) is 15.9. The monoisotopic (exact) mass is 368 g/mol. The second-order valence-corrected chi connectivity index (χ2v) is 5.85. The van der Waals surface area contributed by atoms with Crippen LogP contribution in [0.3, 0.4) is 0 Å². The van der Waals surface area contributed by atoms with E-state index in [2.05, 4.69) is 6.07 Å². The van der Waals surface area contributed by atoms with Crippen molar-refractivity contribution < 1.29 is 19.0 Å². The summed E-state index contributed by atoms with van der Waals surface area (Å²) in [6.07, 6.45) is 0.980. The number of hydrogen-bond acceptors (Lipinski definition) is 5. The van der Waals surface area contributed by atoms with Gasteiger partial charge in [0.2, 0.25) is 5.75 Å². The van der Waals surface area contributed by atoms with Crippen molar-refractivity contribution in [2.75, 3.05) is 34.4 Å². The normalized spacial score (nSPS) is 10.0. The molecule has 0 N–H and O–H groups in total. The minimum Gasteiger partial charge on any atom is -0.493 e. The van der Waals surface area contributed by atoms with Gasteiger partial charge in [-0.15, -0.1) is 0 Å². The van der Waals surface area contributed by atoms with Gasteiger partial charge in [-0.1, -0.05) is 30.3 Å². The highest BCUT2D eigenvalue weighted by atomic mass is 16.5. The number of amides is 1. The zero-order valence-electron chi connectivity index (χ0n) is 15.9. The molecule has 1 amide bonds. The highest BCUT2D eigenvalue weighted by molar-refractivity contribution is 5.95. The van der Waals surface area contributed by atoms with E-state index in [9.17, 15) is 4.79 Å². The SMILES string of the molecule is COc1cc(C(=O)N(CCC#N)CCc2ccccc2)cc(OC)c1OC. The Balaban J connectivity index is 2.27. The van der Waals surface area contributed by atoms with Crippen LogP contribution in [-0.4, -0.2) is 45.2 Å². The van der Waals surface area contributed by atoms with E-state index >= 15 is 0 Å². The highest BCUT2D eigenvalue weighted by Crippen LogP contribution is 2.38. The maximum Gasteiger partial charge on any atom is 0.254 e. The first-order valence-electron chi connectivity index (χ1n) is 8.64. The van der Waals surface area contributed by atoms with Gasteiger partial charge in [0.05, 0.1) is 33.8 Å². The summed E-state index contributed by atoms with van der Waals surface area (Å²) < 4.78 is 16.0. The molecule has 0 fully saturated rings. The molecule has 6 heteroatoms. The molecular formula is C21H24N2O4. The fourth-order valence-electron chi connectivity index (χ4n) is 2.80. The van der Waals surface area contributed by atoms with Crippen LogP contribution in [0, 0.1) is 11.3 Å². The molecular weight excluding hydrogens is 344 g/mol. The lowest BCUT2D eigenvalue weighted by Crippen LogP contribution is -2.33. The lowest BCUT2D eigenvalue weighted by atomic mass is 10.1. The Morgan fingerprint density at radius 1 is 1.00 bits per heavy atom. The average Bonchev–Trinajstić information content (AvgIpc) is 2.72. The Kier molecular flexibility index (Phi) is 7.50.